The van der Waals surface area contributed by atoms with Gasteiger partial charge in [-0.3, -0.25) is 0 Å². The van der Waals surface area contributed by atoms with Crippen molar-refractivity contribution in [1.82, 2.24) is 15.6 Å². The van der Waals surface area contributed by atoms with Gasteiger partial charge in [0.2, 0.25) is 0 Å². The van der Waals surface area contributed by atoms with Crippen molar-refractivity contribution >= 4 is 35.8 Å². The summed E-state index contributed by atoms with van der Waals surface area (Å²) in [6, 6.07) is 11.0. The van der Waals surface area contributed by atoms with E-state index in [0.29, 0.717) is 6.54 Å². The van der Waals surface area contributed by atoms with E-state index in [4.69, 9.17) is 4.99 Å². The van der Waals surface area contributed by atoms with Gasteiger partial charge in [0.15, 0.2) is 5.96 Å². The molecule has 6 heteroatoms. The van der Waals surface area contributed by atoms with Crippen molar-refractivity contribution in [2.45, 2.75) is 46.6 Å². The van der Waals surface area contributed by atoms with Crippen LogP contribution >= 0.6 is 24.0 Å². The molecule has 0 saturated carbocycles. The summed E-state index contributed by atoms with van der Waals surface area (Å²) in [5.74, 6) is 1.94. The Labute approximate surface area is 192 Å². The number of aliphatic imine (C=N–C) groups is 1. The Bertz CT molecular complexity index is 762. The largest absolute Gasteiger partial charge is 0.357 e. The van der Waals surface area contributed by atoms with E-state index in [1.165, 1.54) is 29.5 Å². The van der Waals surface area contributed by atoms with Crippen LogP contribution in [0.15, 0.2) is 41.5 Å². The standard InChI is InChI=1S/C23H33N5.HI/c1-4-24-23(25-10-9-20-14-18(2)13-19(3)15-20)27-17-21-7-8-22(26-16-21)28-11-5-6-12-28;/h7-8,13-16H,4-6,9-12,17H2,1-3H3,(H2,24,25,27);1H. The molecule has 1 aromatic heterocycles. The van der Waals surface area contributed by atoms with Crippen molar-refractivity contribution in [2.75, 3.05) is 31.1 Å². The molecule has 0 radical (unpaired) electrons. The van der Waals surface area contributed by atoms with Gasteiger partial charge in [-0.05, 0) is 57.2 Å². The minimum absolute atomic E-state index is 0. The van der Waals surface area contributed by atoms with Crippen LogP contribution in [0.2, 0.25) is 0 Å². The number of hydrogen-bond acceptors (Lipinski definition) is 3. The van der Waals surface area contributed by atoms with E-state index >= 15 is 0 Å². The van der Waals surface area contributed by atoms with Gasteiger partial charge in [0.05, 0.1) is 6.54 Å². The maximum absolute atomic E-state index is 4.72. The highest BCUT2D eigenvalue weighted by atomic mass is 127. The number of guanidine groups is 1. The Morgan fingerprint density at radius 3 is 2.38 bits per heavy atom. The van der Waals surface area contributed by atoms with Gasteiger partial charge < -0.3 is 15.5 Å². The van der Waals surface area contributed by atoms with Gasteiger partial charge in [0.1, 0.15) is 5.82 Å². The molecule has 2 aromatic rings. The number of aromatic nitrogens is 1. The van der Waals surface area contributed by atoms with Crippen LogP contribution in [0.4, 0.5) is 5.82 Å². The van der Waals surface area contributed by atoms with Gasteiger partial charge in [-0.2, -0.15) is 0 Å². The van der Waals surface area contributed by atoms with Crippen molar-refractivity contribution in [3.63, 3.8) is 0 Å². The molecule has 1 aliphatic rings. The number of benzene rings is 1. The van der Waals surface area contributed by atoms with E-state index in [1.807, 2.05) is 6.20 Å². The molecule has 29 heavy (non-hydrogen) atoms. The molecule has 1 aliphatic heterocycles. The first-order valence-corrected chi connectivity index (χ1v) is 10.4. The lowest BCUT2D eigenvalue weighted by Gasteiger charge is -2.16. The minimum Gasteiger partial charge on any atom is -0.357 e. The summed E-state index contributed by atoms with van der Waals surface area (Å²) in [5.41, 5.74) is 5.14. The molecular formula is C23H34IN5. The molecule has 0 atom stereocenters. The second kappa shape index (κ2) is 12.0. The first kappa shape index (κ1) is 23.4. The fourth-order valence-electron chi connectivity index (χ4n) is 3.69. The fourth-order valence-corrected chi connectivity index (χ4v) is 3.69. The molecule has 1 fully saturated rings. The maximum atomic E-state index is 4.72. The lowest BCUT2D eigenvalue weighted by molar-refractivity contribution is 0.798. The summed E-state index contributed by atoms with van der Waals surface area (Å²) in [6.45, 7) is 11.0. The van der Waals surface area contributed by atoms with Gasteiger partial charge in [-0.1, -0.05) is 35.4 Å². The van der Waals surface area contributed by atoms with Gasteiger partial charge in [-0.25, -0.2) is 9.98 Å². The number of aryl methyl sites for hydroxylation is 2. The van der Waals surface area contributed by atoms with Crippen LogP contribution in [0.1, 0.15) is 42.0 Å². The molecule has 5 nitrogen and oxygen atoms in total. The van der Waals surface area contributed by atoms with Crippen LogP contribution in [0, 0.1) is 13.8 Å². The van der Waals surface area contributed by atoms with E-state index in [-0.39, 0.29) is 24.0 Å². The predicted octanol–water partition coefficient (Wildman–Crippen LogP) is 4.21. The lowest BCUT2D eigenvalue weighted by Crippen LogP contribution is -2.38. The molecule has 0 unspecified atom stereocenters. The fraction of sp³-hybridized carbons (Fsp3) is 0.478. The summed E-state index contributed by atoms with van der Waals surface area (Å²) >= 11 is 0. The number of halogens is 1. The zero-order valence-electron chi connectivity index (χ0n) is 17.9. The minimum atomic E-state index is 0. The molecular weight excluding hydrogens is 473 g/mol. The lowest BCUT2D eigenvalue weighted by atomic mass is 10.1. The third kappa shape index (κ3) is 7.49. The van der Waals surface area contributed by atoms with Gasteiger partial charge in [0.25, 0.3) is 0 Å². The average molecular weight is 507 g/mol. The van der Waals surface area contributed by atoms with E-state index < -0.39 is 0 Å². The van der Waals surface area contributed by atoms with Crippen LogP contribution in [-0.2, 0) is 13.0 Å². The zero-order chi connectivity index (χ0) is 19.8. The number of hydrogen-bond donors (Lipinski definition) is 2. The normalized spacial score (nSPS) is 13.9. The van der Waals surface area contributed by atoms with Crippen molar-refractivity contribution in [1.29, 1.82) is 0 Å². The van der Waals surface area contributed by atoms with Crippen molar-refractivity contribution in [3.05, 3.63) is 58.8 Å². The van der Waals surface area contributed by atoms with Crippen LogP contribution in [-0.4, -0.2) is 37.1 Å². The summed E-state index contributed by atoms with van der Waals surface area (Å²) in [6.07, 6.45) is 5.48. The average Bonchev–Trinajstić information content (AvgIpc) is 3.20. The number of nitrogens with one attached hydrogen (secondary N) is 2. The maximum Gasteiger partial charge on any atom is 0.191 e. The molecule has 158 valence electrons. The van der Waals surface area contributed by atoms with Crippen LogP contribution in [0.3, 0.4) is 0 Å². The Kier molecular flexibility index (Phi) is 9.70. The summed E-state index contributed by atoms with van der Waals surface area (Å²) in [7, 11) is 0. The summed E-state index contributed by atoms with van der Waals surface area (Å²) in [4.78, 5) is 11.7. The van der Waals surface area contributed by atoms with E-state index in [9.17, 15) is 0 Å². The van der Waals surface area contributed by atoms with E-state index in [1.54, 1.807) is 0 Å². The zero-order valence-corrected chi connectivity index (χ0v) is 20.2. The summed E-state index contributed by atoms with van der Waals surface area (Å²) < 4.78 is 0. The Morgan fingerprint density at radius 2 is 1.76 bits per heavy atom. The topological polar surface area (TPSA) is 52.6 Å². The van der Waals surface area contributed by atoms with Crippen molar-refractivity contribution in [2.24, 2.45) is 4.99 Å². The first-order valence-electron chi connectivity index (χ1n) is 10.4. The molecule has 0 bridgehead atoms. The number of nitrogens with zero attached hydrogens (tertiary/aromatic N) is 3. The highest BCUT2D eigenvalue weighted by Gasteiger charge is 2.12. The van der Waals surface area contributed by atoms with Gasteiger partial charge >= 0.3 is 0 Å². The Morgan fingerprint density at radius 1 is 1.03 bits per heavy atom. The molecule has 1 saturated heterocycles. The van der Waals surface area contributed by atoms with Gasteiger partial charge in [-0.15, -0.1) is 24.0 Å². The van der Waals surface area contributed by atoms with Crippen LogP contribution in [0.25, 0.3) is 0 Å². The third-order valence-electron chi connectivity index (χ3n) is 4.99. The SMILES string of the molecule is CCNC(=NCc1ccc(N2CCCC2)nc1)NCCc1cc(C)cc(C)c1.I. The molecule has 3 rings (SSSR count). The van der Waals surface area contributed by atoms with E-state index in [2.05, 4.69) is 71.6 Å². The Balaban J connectivity index is 0.00000300. The number of anilines is 1. The molecule has 2 N–H and O–H groups in total. The Hall–Kier alpha value is -1.83. The predicted molar refractivity (Wildman–Crippen MR) is 134 cm³/mol. The summed E-state index contributed by atoms with van der Waals surface area (Å²) in [5, 5.41) is 6.77. The molecule has 1 aromatic carbocycles. The number of rotatable bonds is 7. The van der Waals surface area contributed by atoms with Crippen molar-refractivity contribution < 1.29 is 0 Å². The smallest absolute Gasteiger partial charge is 0.191 e. The van der Waals surface area contributed by atoms with E-state index in [0.717, 1.165) is 49.9 Å². The first-order chi connectivity index (χ1) is 13.6. The molecule has 0 aliphatic carbocycles. The second-order valence-electron chi connectivity index (χ2n) is 7.59. The highest BCUT2D eigenvalue weighted by molar-refractivity contribution is 14.0. The third-order valence-corrected chi connectivity index (χ3v) is 4.99. The van der Waals surface area contributed by atoms with Crippen molar-refractivity contribution in [3.8, 4) is 0 Å². The quantitative estimate of drug-likeness (QED) is 0.335. The molecule has 2 heterocycles. The second-order valence-corrected chi connectivity index (χ2v) is 7.59. The van der Waals surface area contributed by atoms with Crippen LogP contribution in [0.5, 0.6) is 0 Å². The molecule has 0 spiro atoms. The molecule has 0 amide bonds. The number of pyridine rings is 1. The van der Waals surface area contributed by atoms with Gasteiger partial charge in [0, 0.05) is 32.4 Å². The highest BCUT2D eigenvalue weighted by Crippen LogP contribution is 2.17. The monoisotopic (exact) mass is 507 g/mol. The van der Waals surface area contributed by atoms with Crippen LogP contribution < -0.4 is 15.5 Å².